The molecule has 1 rings (SSSR count). The number of hydrogen-bond acceptors (Lipinski definition) is 4. The van der Waals surface area contributed by atoms with Crippen molar-refractivity contribution in [3.63, 3.8) is 0 Å². The van der Waals surface area contributed by atoms with Crippen LogP contribution in [0.5, 0.6) is 0 Å². The zero-order valence-electron chi connectivity index (χ0n) is 10.7. The Morgan fingerprint density at radius 3 is 2.59 bits per heavy atom. The molecule has 0 saturated heterocycles. The summed E-state index contributed by atoms with van der Waals surface area (Å²) in [5.74, 6) is 0.158. The van der Waals surface area contributed by atoms with Crippen molar-refractivity contribution in [3.05, 3.63) is 15.6 Å². The Hall–Kier alpha value is -0.550. The minimum Gasteiger partial charge on any atom is -0.481 e. The number of thiazole rings is 1. The molecule has 1 aromatic rings. The van der Waals surface area contributed by atoms with Crippen LogP contribution in [0.4, 0.5) is 0 Å². The quantitative estimate of drug-likeness (QED) is 0.894. The molecular formula is C12H19NO2S2. The Morgan fingerprint density at radius 1 is 1.47 bits per heavy atom. The number of carboxylic acids is 1. The highest BCUT2D eigenvalue weighted by molar-refractivity contribution is 7.97. The summed E-state index contributed by atoms with van der Waals surface area (Å²) in [6.45, 7) is 6.36. The molecule has 5 heteroatoms. The molecule has 0 aliphatic carbocycles. The van der Waals surface area contributed by atoms with Gasteiger partial charge in [0.1, 0.15) is 5.01 Å². The van der Waals surface area contributed by atoms with Crippen LogP contribution in [0.15, 0.2) is 0 Å². The van der Waals surface area contributed by atoms with Crippen molar-refractivity contribution in [1.82, 2.24) is 4.98 Å². The van der Waals surface area contributed by atoms with Crippen LogP contribution in [0.2, 0.25) is 0 Å². The number of hydrogen-bond donors (Lipinski definition) is 1. The van der Waals surface area contributed by atoms with Gasteiger partial charge in [0.15, 0.2) is 0 Å². The van der Waals surface area contributed by atoms with Gasteiger partial charge in [0.05, 0.1) is 12.1 Å². The van der Waals surface area contributed by atoms with E-state index in [0.29, 0.717) is 6.42 Å². The third-order valence-corrected chi connectivity index (χ3v) is 4.15. The summed E-state index contributed by atoms with van der Waals surface area (Å²) >= 11 is 3.40. The Morgan fingerprint density at radius 2 is 2.12 bits per heavy atom. The van der Waals surface area contributed by atoms with Crippen LogP contribution in [0, 0.1) is 0 Å². The second-order valence-electron chi connectivity index (χ2n) is 4.96. The Kier molecular flexibility index (Phi) is 5.01. The van der Waals surface area contributed by atoms with Crippen molar-refractivity contribution in [2.75, 3.05) is 6.26 Å². The van der Waals surface area contributed by atoms with Crippen molar-refractivity contribution < 1.29 is 9.90 Å². The number of carbonyl (C=O) groups is 1. The van der Waals surface area contributed by atoms with Gasteiger partial charge in [-0.3, -0.25) is 4.79 Å². The summed E-state index contributed by atoms with van der Waals surface area (Å²) in [5, 5.41) is 9.86. The summed E-state index contributed by atoms with van der Waals surface area (Å²) in [7, 11) is 0. The van der Waals surface area contributed by atoms with Crippen molar-refractivity contribution >= 4 is 29.1 Å². The first-order chi connectivity index (χ1) is 7.84. The largest absolute Gasteiger partial charge is 0.481 e. The second-order valence-corrected chi connectivity index (χ2v) is 6.99. The standard InChI is InChI=1S/C12H19NO2S2/c1-12(2,3)11-8(5-6-10(14)15)17-9(13-11)7-16-4/h5-7H2,1-4H3,(H,14,15). The summed E-state index contributed by atoms with van der Waals surface area (Å²) in [6.07, 6.45) is 2.83. The average molecular weight is 273 g/mol. The topological polar surface area (TPSA) is 50.2 Å². The molecule has 0 radical (unpaired) electrons. The van der Waals surface area contributed by atoms with E-state index in [9.17, 15) is 4.79 Å². The van der Waals surface area contributed by atoms with E-state index < -0.39 is 5.97 Å². The first-order valence-corrected chi connectivity index (χ1v) is 7.75. The first kappa shape index (κ1) is 14.5. The van der Waals surface area contributed by atoms with Crippen molar-refractivity contribution in [3.8, 4) is 0 Å². The van der Waals surface area contributed by atoms with Crippen molar-refractivity contribution in [1.29, 1.82) is 0 Å². The summed E-state index contributed by atoms with van der Waals surface area (Å²) in [5.41, 5.74) is 1.05. The zero-order chi connectivity index (χ0) is 13.1. The maximum Gasteiger partial charge on any atom is 0.303 e. The predicted molar refractivity (Wildman–Crippen MR) is 74.0 cm³/mol. The monoisotopic (exact) mass is 273 g/mol. The van der Waals surface area contributed by atoms with Gasteiger partial charge in [-0.1, -0.05) is 20.8 Å². The van der Waals surface area contributed by atoms with E-state index in [1.165, 1.54) is 0 Å². The highest BCUT2D eigenvalue weighted by Gasteiger charge is 2.23. The second kappa shape index (κ2) is 5.87. The first-order valence-electron chi connectivity index (χ1n) is 5.54. The van der Waals surface area contributed by atoms with E-state index in [0.717, 1.165) is 21.3 Å². The fraction of sp³-hybridized carbons (Fsp3) is 0.667. The maximum absolute atomic E-state index is 10.6. The van der Waals surface area contributed by atoms with E-state index >= 15 is 0 Å². The maximum atomic E-state index is 10.6. The molecule has 0 fully saturated rings. The fourth-order valence-corrected chi connectivity index (χ4v) is 3.54. The molecule has 0 aliphatic heterocycles. The van der Waals surface area contributed by atoms with Gasteiger partial charge >= 0.3 is 5.97 Å². The molecule has 0 unspecified atom stereocenters. The number of thioether (sulfide) groups is 1. The smallest absolute Gasteiger partial charge is 0.303 e. The van der Waals surface area contributed by atoms with E-state index in [1.54, 1.807) is 23.1 Å². The lowest BCUT2D eigenvalue weighted by atomic mass is 9.90. The number of carboxylic acid groups (broad SMARTS) is 1. The van der Waals surface area contributed by atoms with Gasteiger partial charge in [-0.2, -0.15) is 11.8 Å². The highest BCUT2D eigenvalue weighted by Crippen LogP contribution is 2.31. The molecule has 0 spiro atoms. The lowest BCUT2D eigenvalue weighted by Gasteiger charge is -2.17. The van der Waals surface area contributed by atoms with E-state index in [-0.39, 0.29) is 11.8 Å². The molecule has 0 atom stereocenters. The van der Waals surface area contributed by atoms with E-state index in [4.69, 9.17) is 5.11 Å². The van der Waals surface area contributed by atoms with Crippen LogP contribution in [-0.4, -0.2) is 22.3 Å². The zero-order valence-corrected chi connectivity index (χ0v) is 12.4. The Labute approximate surface area is 111 Å². The molecule has 3 nitrogen and oxygen atoms in total. The molecule has 0 saturated carbocycles. The summed E-state index contributed by atoms with van der Waals surface area (Å²) < 4.78 is 0. The highest BCUT2D eigenvalue weighted by atomic mass is 32.2. The number of aromatic nitrogens is 1. The number of nitrogens with zero attached hydrogens (tertiary/aromatic N) is 1. The lowest BCUT2D eigenvalue weighted by molar-refractivity contribution is -0.136. The molecule has 1 aromatic heterocycles. The number of aliphatic carboxylic acids is 1. The van der Waals surface area contributed by atoms with Gasteiger partial charge in [0, 0.05) is 16.0 Å². The van der Waals surface area contributed by atoms with Crippen LogP contribution in [0.3, 0.4) is 0 Å². The third-order valence-electron chi connectivity index (χ3n) is 2.29. The minimum absolute atomic E-state index is 0.0129. The number of rotatable bonds is 5. The van der Waals surface area contributed by atoms with Gasteiger partial charge in [-0.25, -0.2) is 4.98 Å². The fourth-order valence-electron chi connectivity index (χ4n) is 1.56. The third kappa shape index (κ3) is 4.32. The van der Waals surface area contributed by atoms with Gasteiger partial charge < -0.3 is 5.11 Å². The molecule has 0 aliphatic rings. The molecule has 0 amide bonds. The molecule has 1 N–H and O–H groups in total. The van der Waals surface area contributed by atoms with Gasteiger partial charge in [-0.05, 0) is 12.7 Å². The van der Waals surface area contributed by atoms with Gasteiger partial charge in [0.2, 0.25) is 0 Å². The van der Waals surface area contributed by atoms with Crippen molar-refractivity contribution in [2.24, 2.45) is 0 Å². The number of aryl methyl sites for hydroxylation is 1. The van der Waals surface area contributed by atoms with Crippen LogP contribution in [0.1, 0.15) is 42.8 Å². The Balaban J connectivity index is 2.95. The summed E-state index contributed by atoms with van der Waals surface area (Å²) in [4.78, 5) is 16.4. The van der Waals surface area contributed by atoms with Gasteiger partial charge in [-0.15, -0.1) is 11.3 Å². The van der Waals surface area contributed by atoms with E-state index in [1.807, 2.05) is 0 Å². The normalized spacial score (nSPS) is 11.8. The van der Waals surface area contributed by atoms with Crippen molar-refractivity contribution in [2.45, 2.75) is 44.8 Å². The molecule has 17 heavy (non-hydrogen) atoms. The minimum atomic E-state index is -0.746. The summed E-state index contributed by atoms with van der Waals surface area (Å²) in [6, 6.07) is 0. The molecule has 1 heterocycles. The SMILES string of the molecule is CSCc1nc(C(C)(C)C)c(CCC(=O)O)s1. The van der Waals surface area contributed by atoms with Gasteiger partial charge in [0.25, 0.3) is 0 Å². The molecule has 0 aromatic carbocycles. The molecule has 96 valence electrons. The average Bonchev–Trinajstić information content (AvgIpc) is 2.58. The predicted octanol–water partition coefficient (Wildman–Crippen LogP) is 3.32. The van der Waals surface area contributed by atoms with E-state index in [2.05, 4.69) is 32.0 Å². The van der Waals surface area contributed by atoms with Crippen LogP contribution in [-0.2, 0) is 22.4 Å². The van der Waals surface area contributed by atoms with Crippen LogP contribution < -0.4 is 0 Å². The molecule has 0 bridgehead atoms. The van der Waals surface area contributed by atoms with Crippen LogP contribution >= 0.6 is 23.1 Å². The Bertz CT molecular complexity index is 394. The van der Waals surface area contributed by atoms with Crippen LogP contribution in [0.25, 0.3) is 0 Å². The lowest BCUT2D eigenvalue weighted by Crippen LogP contribution is -2.14. The molecular weight excluding hydrogens is 254 g/mol.